The number of rotatable bonds is 2. The van der Waals surface area contributed by atoms with Gasteiger partial charge in [-0.25, -0.2) is 8.42 Å². The first-order valence-electron chi connectivity index (χ1n) is 8.40. The molecule has 0 radical (unpaired) electrons. The number of amides is 1. The van der Waals surface area contributed by atoms with Crippen LogP contribution in [0.1, 0.15) is 29.6 Å². The summed E-state index contributed by atoms with van der Waals surface area (Å²) in [6, 6.07) is 9.35. The molecule has 1 aromatic heterocycles. The van der Waals surface area contributed by atoms with Gasteiger partial charge < -0.3 is 4.90 Å². The molecule has 2 heterocycles. The van der Waals surface area contributed by atoms with Crippen LogP contribution in [0.5, 0.6) is 0 Å². The summed E-state index contributed by atoms with van der Waals surface area (Å²) in [4.78, 5) is 19.1. The predicted molar refractivity (Wildman–Crippen MR) is 92.6 cm³/mol. The maximum atomic E-state index is 13.0. The van der Waals surface area contributed by atoms with Crippen molar-refractivity contribution in [2.75, 3.05) is 18.1 Å². The van der Waals surface area contributed by atoms with Crippen LogP contribution in [0.15, 0.2) is 36.5 Å². The average Bonchev–Trinajstić information content (AvgIpc) is 2.52. The van der Waals surface area contributed by atoms with Gasteiger partial charge in [0.15, 0.2) is 9.84 Å². The summed E-state index contributed by atoms with van der Waals surface area (Å²) in [6.45, 7) is 0.287. The minimum atomic E-state index is -3.05. The fourth-order valence-corrected chi connectivity index (χ4v) is 5.27. The molecule has 1 aliphatic heterocycles. The lowest BCUT2D eigenvalue weighted by Crippen LogP contribution is -2.55. The molecule has 24 heavy (non-hydrogen) atoms. The number of sulfone groups is 1. The van der Waals surface area contributed by atoms with E-state index in [9.17, 15) is 13.2 Å². The van der Waals surface area contributed by atoms with E-state index < -0.39 is 9.84 Å². The summed E-state index contributed by atoms with van der Waals surface area (Å²) >= 11 is 0. The van der Waals surface area contributed by atoms with E-state index in [1.165, 1.54) is 0 Å². The Morgan fingerprint density at radius 1 is 1.21 bits per heavy atom. The molecule has 2 fully saturated rings. The molecule has 1 amide bonds. The second kappa shape index (κ2) is 5.84. The van der Waals surface area contributed by atoms with Gasteiger partial charge in [-0.15, -0.1) is 0 Å². The molecular formula is C18H20N2O3S. The molecule has 0 N–H and O–H groups in total. The largest absolute Gasteiger partial charge is 0.333 e. The first kappa shape index (κ1) is 15.6. The maximum absolute atomic E-state index is 13.0. The van der Waals surface area contributed by atoms with E-state index in [-0.39, 0.29) is 30.0 Å². The Morgan fingerprint density at radius 2 is 2.00 bits per heavy atom. The lowest BCUT2D eigenvalue weighted by Gasteiger charge is -2.43. The molecule has 1 saturated carbocycles. The summed E-state index contributed by atoms with van der Waals surface area (Å²) in [5.74, 6) is 0.380. The van der Waals surface area contributed by atoms with E-state index >= 15 is 0 Å². The van der Waals surface area contributed by atoms with Crippen molar-refractivity contribution in [3.63, 3.8) is 0 Å². The zero-order valence-electron chi connectivity index (χ0n) is 13.4. The molecule has 0 spiro atoms. The number of carbonyl (C=O) groups excluding carboxylic acids is 1. The van der Waals surface area contributed by atoms with Gasteiger partial charge in [0.05, 0.1) is 22.6 Å². The van der Waals surface area contributed by atoms with E-state index in [4.69, 9.17) is 0 Å². The van der Waals surface area contributed by atoms with Crippen LogP contribution in [0.4, 0.5) is 0 Å². The number of hydrogen-bond acceptors (Lipinski definition) is 4. The predicted octanol–water partition coefficient (Wildman–Crippen LogP) is 2.27. The SMILES string of the molecule is O=C(c1cnc2ccccc2c1)N1CCS(=O)(=O)CC1C1CCC1. The topological polar surface area (TPSA) is 67.3 Å². The van der Waals surface area contributed by atoms with E-state index in [0.29, 0.717) is 11.5 Å². The van der Waals surface area contributed by atoms with Crippen molar-refractivity contribution in [1.29, 1.82) is 0 Å². The highest BCUT2D eigenvalue weighted by atomic mass is 32.2. The van der Waals surface area contributed by atoms with E-state index in [2.05, 4.69) is 4.98 Å². The van der Waals surface area contributed by atoms with Crippen molar-refractivity contribution in [3.05, 3.63) is 42.1 Å². The van der Waals surface area contributed by atoms with E-state index in [1.807, 2.05) is 30.3 Å². The second-order valence-corrected chi connectivity index (χ2v) is 9.02. The third-order valence-corrected chi connectivity index (χ3v) is 6.91. The van der Waals surface area contributed by atoms with Crippen LogP contribution in [-0.2, 0) is 9.84 Å². The normalized spacial score (nSPS) is 23.8. The van der Waals surface area contributed by atoms with Crippen LogP contribution in [0.2, 0.25) is 0 Å². The molecule has 2 aliphatic rings. The molecule has 1 atom stereocenters. The molecule has 126 valence electrons. The summed E-state index contributed by atoms with van der Waals surface area (Å²) < 4.78 is 24.1. The number of nitrogens with zero attached hydrogens (tertiary/aromatic N) is 2. The quantitative estimate of drug-likeness (QED) is 0.838. The third-order valence-electron chi connectivity index (χ3n) is 5.26. The number of pyridine rings is 1. The van der Waals surface area contributed by atoms with E-state index in [0.717, 1.165) is 30.2 Å². The summed E-state index contributed by atoms with van der Waals surface area (Å²) in [5, 5.41) is 0.924. The molecule has 4 rings (SSSR count). The van der Waals surface area contributed by atoms with Crippen LogP contribution in [0.3, 0.4) is 0 Å². The number of benzene rings is 1. The zero-order chi connectivity index (χ0) is 16.7. The highest BCUT2D eigenvalue weighted by Crippen LogP contribution is 2.35. The van der Waals surface area contributed by atoms with Crippen LogP contribution < -0.4 is 0 Å². The second-order valence-electron chi connectivity index (χ2n) is 6.79. The fourth-order valence-electron chi connectivity index (χ4n) is 3.66. The van der Waals surface area contributed by atoms with Gasteiger partial charge in [0, 0.05) is 24.2 Å². The average molecular weight is 344 g/mol. The maximum Gasteiger partial charge on any atom is 0.255 e. The molecule has 5 nitrogen and oxygen atoms in total. The zero-order valence-corrected chi connectivity index (χ0v) is 14.2. The van der Waals surface area contributed by atoms with Crippen LogP contribution in [0, 0.1) is 5.92 Å². The fraction of sp³-hybridized carbons (Fsp3) is 0.444. The van der Waals surface area contributed by atoms with Gasteiger partial charge in [0.2, 0.25) is 0 Å². The summed E-state index contributed by atoms with van der Waals surface area (Å²) in [6.07, 6.45) is 4.76. The Hall–Kier alpha value is -1.95. The minimum Gasteiger partial charge on any atom is -0.333 e. The first-order valence-corrected chi connectivity index (χ1v) is 10.2. The van der Waals surface area contributed by atoms with Crippen molar-refractivity contribution in [1.82, 2.24) is 9.88 Å². The number of aromatic nitrogens is 1. The third kappa shape index (κ3) is 2.79. The molecule has 1 saturated heterocycles. The monoisotopic (exact) mass is 344 g/mol. The lowest BCUT2D eigenvalue weighted by atomic mass is 9.79. The smallest absolute Gasteiger partial charge is 0.255 e. The molecule has 1 unspecified atom stereocenters. The highest BCUT2D eigenvalue weighted by Gasteiger charge is 2.41. The van der Waals surface area contributed by atoms with Crippen molar-refractivity contribution in [2.45, 2.75) is 25.3 Å². The highest BCUT2D eigenvalue weighted by molar-refractivity contribution is 7.91. The van der Waals surface area contributed by atoms with Gasteiger partial charge in [-0.05, 0) is 30.9 Å². The number of fused-ring (bicyclic) bond motifs is 1. The van der Waals surface area contributed by atoms with Gasteiger partial charge >= 0.3 is 0 Å². The van der Waals surface area contributed by atoms with Crippen molar-refractivity contribution in [3.8, 4) is 0 Å². The van der Waals surface area contributed by atoms with Gasteiger partial charge in [-0.1, -0.05) is 24.6 Å². The molecule has 1 aromatic carbocycles. The molecule has 1 aliphatic carbocycles. The standard InChI is InChI=1S/C18H20N2O3S/c21-18(15-10-14-4-1-2-7-16(14)19-11-15)20-8-9-24(22,23)12-17(20)13-5-3-6-13/h1-2,4,7,10-11,13,17H,3,5-6,8-9,12H2. The van der Waals surface area contributed by atoms with Crippen LogP contribution >= 0.6 is 0 Å². The Morgan fingerprint density at radius 3 is 2.75 bits per heavy atom. The van der Waals surface area contributed by atoms with Crippen molar-refractivity contribution in [2.24, 2.45) is 5.92 Å². The Kier molecular flexibility index (Phi) is 3.79. The Labute approximate surface area is 141 Å². The van der Waals surface area contributed by atoms with Gasteiger partial charge in [0.25, 0.3) is 5.91 Å². The molecule has 0 bridgehead atoms. The van der Waals surface area contributed by atoms with Gasteiger partial charge in [0.1, 0.15) is 0 Å². The number of carbonyl (C=O) groups is 1. The van der Waals surface area contributed by atoms with Crippen molar-refractivity contribution < 1.29 is 13.2 Å². The number of hydrogen-bond donors (Lipinski definition) is 0. The van der Waals surface area contributed by atoms with Crippen LogP contribution in [0.25, 0.3) is 10.9 Å². The van der Waals surface area contributed by atoms with Gasteiger partial charge in [-0.2, -0.15) is 0 Å². The Bertz CT molecular complexity index is 890. The molecule has 6 heteroatoms. The van der Waals surface area contributed by atoms with Crippen molar-refractivity contribution >= 4 is 26.6 Å². The summed E-state index contributed by atoms with van der Waals surface area (Å²) in [7, 11) is -3.05. The van der Waals surface area contributed by atoms with Gasteiger partial charge in [-0.3, -0.25) is 9.78 Å². The van der Waals surface area contributed by atoms with E-state index in [1.54, 1.807) is 11.1 Å². The molecule has 2 aromatic rings. The number of para-hydroxylation sites is 1. The Balaban J connectivity index is 1.65. The first-order chi connectivity index (χ1) is 11.5. The molecular weight excluding hydrogens is 324 g/mol. The lowest BCUT2D eigenvalue weighted by molar-refractivity contribution is 0.0563. The van der Waals surface area contributed by atoms with Crippen LogP contribution in [-0.4, -0.2) is 48.3 Å². The minimum absolute atomic E-state index is 0.0585. The summed E-state index contributed by atoms with van der Waals surface area (Å²) in [5.41, 5.74) is 1.39.